The van der Waals surface area contributed by atoms with E-state index in [0.717, 1.165) is 10.4 Å². The lowest BCUT2D eigenvalue weighted by Crippen LogP contribution is -2.09. The van der Waals surface area contributed by atoms with E-state index in [2.05, 4.69) is 0 Å². The van der Waals surface area contributed by atoms with Crippen molar-refractivity contribution < 1.29 is 0 Å². The Labute approximate surface area is 102 Å². The lowest BCUT2D eigenvalue weighted by Gasteiger charge is -2.10. The molecule has 0 aliphatic heterocycles. The highest BCUT2D eigenvalue weighted by Gasteiger charge is 2.10. The van der Waals surface area contributed by atoms with Gasteiger partial charge in [0.1, 0.15) is 0 Å². The van der Waals surface area contributed by atoms with Crippen LogP contribution in [0.1, 0.15) is 16.5 Å². The van der Waals surface area contributed by atoms with Crippen LogP contribution in [0.3, 0.4) is 0 Å². The van der Waals surface area contributed by atoms with Gasteiger partial charge in [-0.05, 0) is 29.1 Å². The van der Waals surface area contributed by atoms with Crippen LogP contribution in [0.5, 0.6) is 0 Å². The third kappa shape index (κ3) is 2.34. The first kappa shape index (κ1) is 11.0. The van der Waals surface area contributed by atoms with Crippen molar-refractivity contribution in [3.05, 3.63) is 56.2 Å². The van der Waals surface area contributed by atoms with Crippen LogP contribution in [0.25, 0.3) is 0 Å². The van der Waals surface area contributed by atoms with Gasteiger partial charge in [0.05, 0.1) is 16.1 Å². The first-order chi connectivity index (χ1) is 7.18. The molecule has 1 nitrogen and oxygen atoms in total. The third-order valence-electron chi connectivity index (χ3n) is 2.15. The fourth-order valence-corrected chi connectivity index (χ4v) is 2.40. The highest BCUT2D eigenvalue weighted by Crippen LogP contribution is 2.29. The van der Waals surface area contributed by atoms with Gasteiger partial charge in [0.2, 0.25) is 0 Å². The Morgan fingerprint density at radius 3 is 2.53 bits per heavy atom. The molecular weight excluding hydrogens is 249 g/mol. The monoisotopic (exact) mass is 257 g/mol. The van der Waals surface area contributed by atoms with Crippen LogP contribution >= 0.6 is 34.5 Å². The fourth-order valence-electron chi connectivity index (χ4n) is 1.34. The molecule has 15 heavy (non-hydrogen) atoms. The summed E-state index contributed by atoms with van der Waals surface area (Å²) in [5, 5.41) is 3.10. The maximum absolute atomic E-state index is 6.09. The highest BCUT2D eigenvalue weighted by molar-refractivity contribution is 7.10. The minimum atomic E-state index is -0.125. The molecule has 2 rings (SSSR count). The summed E-state index contributed by atoms with van der Waals surface area (Å²) in [6.45, 7) is 0. The number of thiophene rings is 1. The SMILES string of the molecule is N[C@H](c1ccc(Cl)c(Cl)c1)c1cccs1. The van der Waals surface area contributed by atoms with E-state index < -0.39 is 0 Å². The van der Waals surface area contributed by atoms with Gasteiger partial charge in [0.15, 0.2) is 0 Å². The minimum Gasteiger partial charge on any atom is -0.320 e. The van der Waals surface area contributed by atoms with Gasteiger partial charge in [-0.2, -0.15) is 0 Å². The van der Waals surface area contributed by atoms with Crippen molar-refractivity contribution in [3.63, 3.8) is 0 Å². The molecule has 0 unspecified atom stereocenters. The first-order valence-corrected chi connectivity index (χ1v) is 6.06. The molecule has 0 saturated heterocycles. The zero-order valence-corrected chi connectivity index (χ0v) is 10.1. The van der Waals surface area contributed by atoms with E-state index in [9.17, 15) is 0 Å². The van der Waals surface area contributed by atoms with Crippen LogP contribution in [-0.4, -0.2) is 0 Å². The zero-order valence-electron chi connectivity index (χ0n) is 7.78. The number of nitrogens with two attached hydrogens (primary N) is 1. The van der Waals surface area contributed by atoms with Crippen molar-refractivity contribution in [1.82, 2.24) is 0 Å². The molecule has 0 spiro atoms. The fraction of sp³-hybridized carbons (Fsp3) is 0.0909. The minimum absolute atomic E-state index is 0.125. The molecule has 2 N–H and O–H groups in total. The second-order valence-electron chi connectivity index (χ2n) is 3.17. The van der Waals surface area contributed by atoms with Crippen molar-refractivity contribution in [1.29, 1.82) is 0 Å². The average molecular weight is 258 g/mol. The van der Waals surface area contributed by atoms with Gasteiger partial charge in [-0.25, -0.2) is 0 Å². The Balaban J connectivity index is 2.34. The molecule has 1 aromatic carbocycles. The molecule has 4 heteroatoms. The first-order valence-electron chi connectivity index (χ1n) is 4.42. The Kier molecular flexibility index (Phi) is 3.32. The van der Waals surface area contributed by atoms with Crippen LogP contribution in [-0.2, 0) is 0 Å². The van der Waals surface area contributed by atoms with Crippen LogP contribution in [0.15, 0.2) is 35.7 Å². The largest absolute Gasteiger partial charge is 0.320 e. The molecule has 0 amide bonds. The normalized spacial score (nSPS) is 12.7. The summed E-state index contributed by atoms with van der Waals surface area (Å²) in [6.07, 6.45) is 0. The van der Waals surface area contributed by atoms with E-state index in [-0.39, 0.29) is 6.04 Å². The van der Waals surface area contributed by atoms with Crippen LogP contribution in [0, 0.1) is 0 Å². The number of hydrogen-bond donors (Lipinski definition) is 1. The molecule has 0 saturated carbocycles. The van der Waals surface area contributed by atoms with E-state index in [1.54, 1.807) is 17.4 Å². The molecule has 1 atom stereocenters. The summed E-state index contributed by atoms with van der Waals surface area (Å²) in [5.41, 5.74) is 7.07. The van der Waals surface area contributed by atoms with E-state index in [1.165, 1.54) is 0 Å². The summed E-state index contributed by atoms with van der Waals surface area (Å²) in [6, 6.07) is 9.36. The predicted octanol–water partition coefficient (Wildman–Crippen LogP) is 4.10. The van der Waals surface area contributed by atoms with Crippen LogP contribution in [0.2, 0.25) is 10.0 Å². The summed E-state index contributed by atoms with van der Waals surface area (Å²) in [5.74, 6) is 0. The number of rotatable bonds is 2. The molecule has 1 aromatic heterocycles. The summed E-state index contributed by atoms with van der Waals surface area (Å²) >= 11 is 13.4. The van der Waals surface area contributed by atoms with Crippen molar-refractivity contribution in [2.24, 2.45) is 5.73 Å². The van der Waals surface area contributed by atoms with Crippen molar-refractivity contribution in [2.45, 2.75) is 6.04 Å². The highest BCUT2D eigenvalue weighted by atomic mass is 35.5. The van der Waals surface area contributed by atoms with Gasteiger partial charge in [0, 0.05) is 4.88 Å². The zero-order chi connectivity index (χ0) is 10.8. The summed E-state index contributed by atoms with van der Waals surface area (Å²) < 4.78 is 0. The smallest absolute Gasteiger partial charge is 0.0646 e. The Hall–Kier alpha value is -0.540. The van der Waals surface area contributed by atoms with Crippen LogP contribution in [0.4, 0.5) is 0 Å². The van der Waals surface area contributed by atoms with Gasteiger partial charge in [0.25, 0.3) is 0 Å². The van der Waals surface area contributed by atoms with E-state index in [4.69, 9.17) is 28.9 Å². The number of benzene rings is 1. The summed E-state index contributed by atoms with van der Waals surface area (Å²) in [7, 11) is 0. The topological polar surface area (TPSA) is 26.0 Å². The second-order valence-corrected chi connectivity index (χ2v) is 4.96. The van der Waals surface area contributed by atoms with Gasteiger partial charge >= 0.3 is 0 Å². The predicted molar refractivity (Wildman–Crippen MR) is 66.8 cm³/mol. The van der Waals surface area contributed by atoms with Crippen molar-refractivity contribution >= 4 is 34.5 Å². The Morgan fingerprint density at radius 2 is 1.93 bits per heavy atom. The van der Waals surface area contributed by atoms with Gasteiger partial charge in [-0.1, -0.05) is 35.3 Å². The molecule has 0 radical (unpaired) electrons. The Bertz CT molecular complexity index is 454. The molecular formula is C11H9Cl2NS. The van der Waals surface area contributed by atoms with Crippen molar-refractivity contribution in [3.8, 4) is 0 Å². The molecule has 0 fully saturated rings. The van der Waals surface area contributed by atoms with E-state index in [0.29, 0.717) is 10.0 Å². The number of hydrogen-bond acceptors (Lipinski definition) is 2. The van der Waals surface area contributed by atoms with E-state index in [1.807, 2.05) is 29.6 Å². The van der Waals surface area contributed by atoms with E-state index >= 15 is 0 Å². The molecule has 1 heterocycles. The molecule has 0 aliphatic carbocycles. The molecule has 0 bridgehead atoms. The maximum atomic E-state index is 6.09. The quantitative estimate of drug-likeness (QED) is 0.862. The molecule has 0 aliphatic rings. The standard InChI is InChI=1S/C11H9Cl2NS/c12-8-4-3-7(6-9(8)13)11(14)10-2-1-5-15-10/h1-6,11H,14H2/t11-/m1/s1. The Morgan fingerprint density at radius 1 is 1.13 bits per heavy atom. The van der Waals surface area contributed by atoms with Crippen LogP contribution < -0.4 is 5.73 Å². The molecule has 2 aromatic rings. The van der Waals surface area contributed by atoms with Gasteiger partial charge in [-0.15, -0.1) is 11.3 Å². The average Bonchev–Trinajstić information content (AvgIpc) is 2.74. The van der Waals surface area contributed by atoms with Gasteiger partial charge in [-0.3, -0.25) is 0 Å². The third-order valence-corrected chi connectivity index (χ3v) is 3.85. The lowest BCUT2D eigenvalue weighted by molar-refractivity contribution is 0.894. The lowest BCUT2D eigenvalue weighted by atomic mass is 10.1. The van der Waals surface area contributed by atoms with Gasteiger partial charge < -0.3 is 5.73 Å². The molecule has 78 valence electrons. The van der Waals surface area contributed by atoms with Crippen molar-refractivity contribution in [2.75, 3.05) is 0 Å². The number of halogens is 2. The maximum Gasteiger partial charge on any atom is 0.0646 e. The summed E-state index contributed by atoms with van der Waals surface area (Å²) in [4.78, 5) is 1.12. The second kappa shape index (κ2) is 4.54.